The first kappa shape index (κ1) is 15.5. The van der Waals surface area contributed by atoms with E-state index in [0.29, 0.717) is 17.9 Å². The number of aryl methyl sites for hydroxylation is 3. The summed E-state index contributed by atoms with van der Waals surface area (Å²) in [5.41, 5.74) is 4.32. The molecule has 1 unspecified atom stereocenters. The molecule has 2 rings (SSSR count). The summed E-state index contributed by atoms with van der Waals surface area (Å²) in [4.78, 5) is 0. The van der Waals surface area contributed by atoms with Crippen LogP contribution in [0.3, 0.4) is 0 Å². The Bertz CT molecular complexity index is 625. The zero-order valence-electron chi connectivity index (χ0n) is 13.0. The van der Waals surface area contributed by atoms with Gasteiger partial charge in [0.25, 0.3) is 0 Å². The summed E-state index contributed by atoms with van der Waals surface area (Å²) in [6.07, 6.45) is 0. The van der Waals surface area contributed by atoms with Crippen LogP contribution in [0.25, 0.3) is 0 Å². The molecule has 21 heavy (non-hydrogen) atoms. The van der Waals surface area contributed by atoms with E-state index in [2.05, 4.69) is 37.4 Å². The number of benzene rings is 2. The summed E-state index contributed by atoms with van der Waals surface area (Å²) in [6.45, 7) is 6.44. The Morgan fingerprint density at radius 2 is 1.81 bits per heavy atom. The Morgan fingerprint density at radius 1 is 1.05 bits per heavy atom. The first-order chi connectivity index (χ1) is 10.0. The number of rotatable bonds is 5. The molecule has 1 N–H and O–H groups in total. The fraction of sp³-hybridized carbons (Fsp3) is 0.333. The molecule has 2 nitrogen and oxygen atoms in total. The van der Waals surface area contributed by atoms with E-state index in [1.54, 1.807) is 19.1 Å². The average Bonchev–Trinajstić information content (AvgIpc) is 2.45. The minimum absolute atomic E-state index is 0.107. The van der Waals surface area contributed by atoms with E-state index in [0.717, 1.165) is 0 Å². The molecule has 2 aromatic rings. The Morgan fingerprint density at radius 3 is 2.43 bits per heavy atom. The van der Waals surface area contributed by atoms with Gasteiger partial charge in [0.05, 0.1) is 6.04 Å². The lowest BCUT2D eigenvalue weighted by molar-refractivity contribution is 0.272. The molecular weight excluding hydrogens is 265 g/mol. The van der Waals surface area contributed by atoms with Crippen molar-refractivity contribution in [3.63, 3.8) is 0 Å². The van der Waals surface area contributed by atoms with Gasteiger partial charge in [-0.05, 0) is 62.7 Å². The summed E-state index contributed by atoms with van der Waals surface area (Å²) < 4.78 is 19.1. The summed E-state index contributed by atoms with van der Waals surface area (Å²) in [7, 11) is 1.92. The molecule has 0 amide bonds. The van der Waals surface area contributed by atoms with Gasteiger partial charge in [0, 0.05) is 0 Å². The second kappa shape index (κ2) is 6.72. The molecule has 0 radical (unpaired) electrons. The van der Waals surface area contributed by atoms with Crippen molar-refractivity contribution in [1.82, 2.24) is 5.32 Å². The van der Waals surface area contributed by atoms with Crippen molar-refractivity contribution >= 4 is 0 Å². The second-order valence-electron chi connectivity index (χ2n) is 5.42. The van der Waals surface area contributed by atoms with E-state index in [1.807, 2.05) is 7.05 Å². The molecule has 0 fully saturated rings. The average molecular weight is 287 g/mol. The quantitative estimate of drug-likeness (QED) is 0.894. The van der Waals surface area contributed by atoms with Crippen molar-refractivity contribution in [3.8, 4) is 5.75 Å². The van der Waals surface area contributed by atoms with Crippen LogP contribution in [0, 0.1) is 26.6 Å². The minimum atomic E-state index is -0.207. The molecule has 0 aliphatic carbocycles. The molecule has 1 atom stereocenters. The van der Waals surface area contributed by atoms with Crippen molar-refractivity contribution in [1.29, 1.82) is 0 Å². The van der Waals surface area contributed by atoms with Gasteiger partial charge in [-0.15, -0.1) is 0 Å². The fourth-order valence-electron chi connectivity index (χ4n) is 2.43. The van der Waals surface area contributed by atoms with Crippen LogP contribution in [0.4, 0.5) is 4.39 Å². The molecule has 0 aliphatic heterocycles. The maximum absolute atomic E-state index is 13.3. The topological polar surface area (TPSA) is 21.3 Å². The summed E-state index contributed by atoms with van der Waals surface area (Å²) >= 11 is 0. The number of hydrogen-bond acceptors (Lipinski definition) is 2. The van der Waals surface area contributed by atoms with Crippen LogP contribution >= 0.6 is 0 Å². The van der Waals surface area contributed by atoms with Crippen molar-refractivity contribution in [2.45, 2.75) is 26.8 Å². The van der Waals surface area contributed by atoms with Crippen LogP contribution in [-0.2, 0) is 0 Å². The third kappa shape index (κ3) is 3.82. The molecule has 0 aliphatic rings. The highest BCUT2D eigenvalue weighted by Crippen LogP contribution is 2.21. The van der Waals surface area contributed by atoms with Crippen LogP contribution in [0.1, 0.15) is 28.3 Å². The van der Waals surface area contributed by atoms with E-state index < -0.39 is 0 Å². The smallest absolute Gasteiger partial charge is 0.126 e. The maximum atomic E-state index is 13.3. The van der Waals surface area contributed by atoms with Gasteiger partial charge in [-0.2, -0.15) is 0 Å². The first-order valence-corrected chi connectivity index (χ1v) is 7.14. The van der Waals surface area contributed by atoms with Crippen molar-refractivity contribution < 1.29 is 9.13 Å². The van der Waals surface area contributed by atoms with Gasteiger partial charge in [0.15, 0.2) is 0 Å². The van der Waals surface area contributed by atoms with Gasteiger partial charge in [0.1, 0.15) is 18.2 Å². The van der Waals surface area contributed by atoms with Crippen LogP contribution in [0.15, 0.2) is 36.4 Å². The van der Waals surface area contributed by atoms with Crippen molar-refractivity contribution in [2.75, 3.05) is 13.7 Å². The molecule has 0 saturated carbocycles. The molecule has 112 valence electrons. The molecule has 0 spiro atoms. The lowest BCUT2D eigenvalue weighted by atomic mass is 10.00. The van der Waals surface area contributed by atoms with Crippen LogP contribution in [0.2, 0.25) is 0 Å². The fourth-order valence-corrected chi connectivity index (χ4v) is 2.43. The van der Waals surface area contributed by atoms with E-state index in [1.165, 1.54) is 22.8 Å². The Hall–Kier alpha value is -1.87. The molecule has 0 heterocycles. The van der Waals surface area contributed by atoms with Crippen LogP contribution in [-0.4, -0.2) is 13.7 Å². The van der Waals surface area contributed by atoms with Gasteiger partial charge >= 0.3 is 0 Å². The number of nitrogens with one attached hydrogen (secondary N) is 1. The summed E-state index contributed by atoms with van der Waals surface area (Å²) in [5.74, 6) is 0.487. The standard InChI is InChI=1S/C18H22FNO/c1-12-5-7-16(13(2)9-12)18(20-4)11-21-15-6-8-17(19)14(3)10-15/h5-10,18,20H,11H2,1-4H3. The van der Waals surface area contributed by atoms with E-state index in [-0.39, 0.29) is 11.9 Å². The van der Waals surface area contributed by atoms with E-state index in [9.17, 15) is 4.39 Å². The Kier molecular flexibility index (Phi) is 4.97. The monoisotopic (exact) mass is 287 g/mol. The normalized spacial score (nSPS) is 12.2. The lowest BCUT2D eigenvalue weighted by Crippen LogP contribution is -2.24. The summed E-state index contributed by atoms with van der Waals surface area (Å²) in [6, 6.07) is 11.3. The number of ether oxygens (including phenoxy) is 1. The largest absolute Gasteiger partial charge is 0.492 e. The van der Waals surface area contributed by atoms with Gasteiger partial charge in [-0.25, -0.2) is 4.39 Å². The minimum Gasteiger partial charge on any atom is -0.492 e. The zero-order valence-corrected chi connectivity index (χ0v) is 13.0. The van der Waals surface area contributed by atoms with Crippen LogP contribution < -0.4 is 10.1 Å². The predicted octanol–water partition coefficient (Wildman–Crippen LogP) is 4.09. The molecule has 3 heteroatoms. The second-order valence-corrected chi connectivity index (χ2v) is 5.42. The van der Waals surface area contributed by atoms with Crippen molar-refractivity contribution in [3.05, 3.63) is 64.5 Å². The highest BCUT2D eigenvalue weighted by molar-refractivity contribution is 5.33. The number of halogens is 1. The third-order valence-electron chi connectivity index (χ3n) is 3.70. The predicted molar refractivity (Wildman–Crippen MR) is 84.3 cm³/mol. The van der Waals surface area contributed by atoms with Gasteiger partial charge < -0.3 is 10.1 Å². The van der Waals surface area contributed by atoms with Gasteiger partial charge in [0.2, 0.25) is 0 Å². The van der Waals surface area contributed by atoms with E-state index in [4.69, 9.17) is 4.74 Å². The number of likely N-dealkylation sites (N-methyl/N-ethyl adjacent to an activating group) is 1. The Labute approximate surface area is 126 Å². The molecule has 2 aromatic carbocycles. The zero-order chi connectivity index (χ0) is 15.4. The highest BCUT2D eigenvalue weighted by Gasteiger charge is 2.13. The molecular formula is C18H22FNO. The highest BCUT2D eigenvalue weighted by atomic mass is 19.1. The van der Waals surface area contributed by atoms with Crippen molar-refractivity contribution in [2.24, 2.45) is 0 Å². The number of hydrogen-bond donors (Lipinski definition) is 1. The molecule has 0 aromatic heterocycles. The first-order valence-electron chi connectivity index (χ1n) is 7.14. The molecule has 0 saturated heterocycles. The summed E-state index contributed by atoms with van der Waals surface area (Å²) in [5, 5.41) is 3.28. The van der Waals surface area contributed by atoms with E-state index >= 15 is 0 Å². The maximum Gasteiger partial charge on any atom is 0.126 e. The third-order valence-corrected chi connectivity index (χ3v) is 3.70. The SMILES string of the molecule is CNC(COc1ccc(F)c(C)c1)c1ccc(C)cc1C. The Balaban J connectivity index is 2.10. The van der Waals surface area contributed by atoms with Gasteiger partial charge in [-0.1, -0.05) is 23.8 Å². The van der Waals surface area contributed by atoms with Crippen LogP contribution in [0.5, 0.6) is 5.75 Å². The molecule has 0 bridgehead atoms. The van der Waals surface area contributed by atoms with Gasteiger partial charge in [-0.3, -0.25) is 0 Å². The lowest BCUT2D eigenvalue weighted by Gasteiger charge is -2.20.